The Morgan fingerprint density at radius 1 is 1.00 bits per heavy atom. The second-order valence-corrected chi connectivity index (χ2v) is 13.8. The summed E-state index contributed by atoms with van der Waals surface area (Å²) in [6, 6.07) is 0. The molecule has 5 fully saturated rings. The fourth-order valence-corrected chi connectivity index (χ4v) is 10.2. The third-order valence-electron chi connectivity index (χ3n) is 11.9. The Kier molecular flexibility index (Phi) is 5.79. The van der Waals surface area contributed by atoms with Crippen molar-refractivity contribution in [1.29, 1.82) is 0 Å². The Bertz CT molecular complexity index is 732. The quantitative estimate of drug-likeness (QED) is 0.476. The molecule has 0 aromatic carbocycles. The first-order valence-electron chi connectivity index (χ1n) is 14.0. The molecule has 1 saturated heterocycles. The second kappa shape index (κ2) is 7.99. The molecule has 0 radical (unpaired) electrons. The van der Waals surface area contributed by atoms with E-state index in [1.54, 1.807) is 0 Å². The first kappa shape index (κ1) is 23.2. The maximum atomic E-state index is 12.0. The zero-order valence-electron chi connectivity index (χ0n) is 21.4. The summed E-state index contributed by atoms with van der Waals surface area (Å²) in [5.74, 6) is 5.05. The van der Waals surface area contributed by atoms with Crippen LogP contribution in [0.25, 0.3) is 0 Å². The number of hydrogen-bond donors (Lipinski definition) is 1. The standard InChI is InChI=1S/C29H48O3/c1-18(2)7-6-8-19(3)22-9-10-23-21-11-14-29(31)17-25-20(15-26(30)32-25)16-28(29,5)24(21)12-13-27(22,23)4/h18-25,31H,6-17H2,1-5H3/t19-,20+,21+,22-,23+,24+,25-,27-,28-,29-/m1/s1. The number of fused-ring (bicyclic) bond motifs is 6. The average molecular weight is 445 g/mol. The van der Waals surface area contributed by atoms with E-state index in [4.69, 9.17) is 4.74 Å². The Hall–Kier alpha value is -0.570. The van der Waals surface area contributed by atoms with Crippen LogP contribution in [0.4, 0.5) is 0 Å². The van der Waals surface area contributed by atoms with Crippen molar-refractivity contribution < 1.29 is 14.6 Å². The molecule has 5 aliphatic rings. The van der Waals surface area contributed by atoms with Crippen LogP contribution >= 0.6 is 0 Å². The smallest absolute Gasteiger partial charge is 0.306 e. The molecule has 0 bridgehead atoms. The summed E-state index contributed by atoms with van der Waals surface area (Å²) in [5.41, 5.74) is -0.197. The second-order valence-electron chi connectivity index (χ2n) is 13.8. The number of esters is 1. The van der Waals surface area contributed by atoms with E-state index in [-0.39, 0.29) is 17.5 Å². The monoisotopic (exact) mass is 444 g/mol. The minimum absolute atomic E-state index is 0.0338. The van der Waals surface area contributed by atoms with Gasteiger partial charge in [-0.25, -0.2) is 0 Å². The zero-order chi connectivity index (χ0) is 22.9. The fraction of sp³-hybridized carbons (Fsp3) is 0.966. The van der Waals surface area contributed by atoms with Gasteiger partial charge in [0, 0.05) is 12.3 Å². The van der Waals surface area contributed by atoms with Gasteiger partial charge in [-0.05, 0) is 91.3 Å². The van der Waals surface area contributed by atoms with Gasteiger partial charge in [-0.15, -0.1) is 0 Å². The molecule has 0 aromatic rings. The number of aliphatic hydroxyl groups is 1. The minimum atomic E-state index is -0.643. The van der Waals surface area contributed by atoms with Gasteiger partial charge in [-0.2, -0.15) is 0 Å². The van der Waals surface area contributed by atoms with E-state index in [9.17, 15) is 9.90 Å². The zero-order valence-corrected chi connectivity index (χ0v) is 21.4. The molecule has 0 aromatic heterocycles. The Morgan fingerprint density at radius 2 is 1.78 bits per heavy atom. The molecular formula is C29H48O3. The van der Waals surface area contributed by atoms with E-state index < -0.39 is 5.60 Å². The van der Waals surface area contributed by atoms with Crippen molar-refractivity contribution in [3.63, 3.8) is 0 Å². The highest BCUT2D eigenvalue weighted by atomic mass is 16.6. The maximum absolute atomic E-state index is 12.0. The van der Waals surface area contributed by atoms with Crippen LogP contribution < -0.4 is 0 Å². The normalized spacial score (nSPS) is 50.9. The van der Waals surface area contributed by atoms with Crippen LogP contribution in [0.1, 0.15) is 112 Å². The molecule has 0 amide bonds. The Balaban J connectivity index is 1.33. The van der Waals surface area contributed by atoms with E-state index in [2.05, 4.69) is 34.6 Å². The van der Waals surface area contributed by atoms with Crippen LogP contribution in [0.2, 0.25) is 0 Å². The lowest BCUT2D eigenvalue weighted by Crippen LogP contribution is -2.64. The highest BCUT2D eigenvalue weighted by Gasteiger charge is 2.67. The van der Waals surface area contributed by atoms with Gasteiger partial charge in [0.05, 0.1) is 12.0 Å². The topological polar surface area (TPSA) is 46.5 Å². The molecule has 182 valence electrons. The largest absolute Gasteiger partial charge is 0.462 e. The van der Waals surface area contributed by atoms with E-state index in [0.717, 1.165) is 42.4 Å². The highest BCUT2D eigenvalue weighted by Crippen LogP contribution is 2.70. The number of carbonyl (C=O) groups is 1. The fourth-order valence-electron chi connectivity index (χ4n) is 10.2. The van der Waals surface area contributed by atoms with Gasteiger partial charge in [0.25, 0.3) is 0 Å². The molecule has 0 spiro atoms. The minimum Gasteiger partial charge on any atom is -0.462 e. The van der Waals surface area contributed by atoms with Crippen LogP contribution in [0, 0.1) is 52.3 Å². The van der Waals surface area contributed by atoms with Crippen LogP contribution in [0.15, 0.2) is 0 Å². The lowest BCUT2D eigenvalue weighted by molar-refractivity contribution is -0.227. The van der Waals surface area contributed by atoms with Crippen molar-refractivity contribution >= 4 is 5.97 Å². The molecule has 5 rings (SSSR count). The number of rotatable bonds is 5. The van der Waals surface area contributed by atoms with Crippen molar-refractivity contribution in [1.82, 2.24) is 0 Å². The van der Waals surface area contributed by atoms with E-state index >= 15 is 0 Å². The Morgan fingerprint density at radius 3 is 2.53 bits per heavy atom. The van der Waals surface area contributed by atoms with Gasteiger partial charge in [0.1, 0.15) is 6.10 Å². The lowest BCUT2D eigenvalue weighted by atomic mass is 9.42. The summed E-state index contributed by atoms with van der Waals surface area (Å²) >= 11 is 0. The van der Waals surface area contributed by atoms with Crippen molar-refractivity contribution in [2.75, 3.05) is 0 Å². The van der Waals surface area contributed by atoms with Crippen LogP contribution in [-0.4, -0.2) is 22.8 Å². The maximum Gasteiger partial charge on any atom is 0.306 e. The molecule has 4 saturated carbocycles. The molecule has 0 unspecified atom stereocenters. The predicted octanol–water partition coefficient (Wildman–Crippen LogP) is 6.76. The SMILES string of the molecule is CC(C)CCC[C@@H](C)[C@H]1CC[C@H]2[C@@H]3CC[C@@]4(O)C[C@H]5OC(=O)C[C@H]5C[C@]4(C)[C@H]3CC[C@]12C. The van der Waals surface area contributed by atoms with Gasteiger partial charge in [-0.1, -0.05) is 53.9 Å². The summed E-state index contributed by atoms with van der Waals surface area (Å²) in [6.45, 7) is 12.3. The van der Waals surface area contributed by atoms with Crippen molar-refractivity contribution in [2.24, 2.45) is 52.3 Å². The van der Waals surface area contributed by atoms with Gasteiger partial charge >= 0.3 is 5.97 Å². The summed E-state index contributed by atoms with van der Waals surface area (Å²) in [5, 5.41) is 11.9. The molecule has 10 atom stereocenters. The van der Waals surface area contributed by atoms with E-state index in [1.807, 2.05) is 0 Å². The van der Waals surface area contributed by atoms with Crippen LogP contribution in [0.3, 0.4) is 0 Å². The van der Waals surface area contributed by atoms with Gasteiger partial charge in [0.15, 0.2) is 0 Å². The third-order valence-corrected chi connectivity index (χ3v) is 11.9. The van der Waals surface area contributed by atoms with Gasteiger partial charge in [0.2, 0.25) is 0 Å². The molecule has 1 N–H and O–H groups in total. The molecule has 1 heterocycles. The van der Waals surface area contributed by atoms with Gasteiger partial charge < -0.3 is 9.84 Å². The van der Waals surface area contributed by atoms with Crippen molar-refractivity contribution in [3.8, 4) is 0 Å². The first-order valence-corrected chi connectivity index (χ1v) is 14.0. The predicted molar refractivity (Wildman–Crippen MR) is 128 cm³/mol. The number of ether oxygens (including phenoxy) is 1. The van der Waals surface area contributed by atoms with Crippen molar-refractivity contribution in [3.05, 3.63) is 0 Å². The summed E-state index contributed by atoms with van der Waals surface area (Å²) in [6.07, 6.45) is 13.9. The summed E-state index contributed by atoms with van der Waals surface area (Å²) in [7, 11) is 0. The summed E-state index contributed by atoms with van der Waals surface area (Å²) < 4.78 is 5.63. The first-order chi connectivity index (χ1) is 15.1. The lowest BCUT2D eigenvalue weighted by Gasteiger charge is -2.64. The molecule has 1 aliphatic heterocycles. The van der Waals surface area contributed by atoms with Crippen LogP contribution in [0.5, 0.6) is 0 Å². The van der Waals surface area contributed by atoms with Crippen molar-refractivity contribution in [2.45, 2.75) is 123 Å². The average Bonchev–Trinajstić information content (AvgIpc) is 3.23. The molecular weight excluding hydrogens is 396 g/mol. The third kappa shape index (κ3) is 3.42. The highest BCUT2D eigenvalue weighted by molar-refractivity contribution is 5.72. The molecule has 3 nitrogen and oxygen atoms in total. The van der Waals surface area contributed by atoms with Crippen LogP contribution in [-0.2, 0) is 9.53 Å². The number of hydrogen-bond acceptors (Lipinski definition) is 3. The molecule has 32 heavy (non-hydrogen) atoms. The van der Waals surface area contributed by atoms with Gasteiger partial charge in [-0.3, -0.25) is 4.79 Å². The Labute approximate surface area is 196 Å². The molecule has 3 heteroatoms. The summed E-state index contributed by atoms with van der Waals surface area (Å²) in [4.78, 5) is 12.0. The van der Waals surface area contributed by atoms with E-state index in [0.29, 0.717) is 30.1 Å². The number of carbonyl (C=O) groups excluding carboxylic acids is 1. The molecule has 4 aliphatic carbocycles. The van der Waals surface area contributed by atoms with E-state index in [1.165, 1.54) is 51.4 Å².